The molecule has 0 amide bonds. The van der Waals surface area contributed by atoms with Gasteiger partial charge in [0.05, 0.1) is 0 Å². The number of piperazine rings is 1. The molecule has 0 aromatic rings. The first-order chi connectivity index (χ1) is 6.92. The van der Waals surface area contributed by atoms with Crippen molar-refractivity contribution in [1.29, 1.82) is 0 Å². The Balaban J connectivity index is 2.12. The van der Waals surface area contributed by atoms with Gasteiger partial charge in [-0.25, -0.2) is 0 Å². The topological polar surface area (TPSA) is 61.4 Å². The molecular formula is C9H19N3O2S. The lowest BCUT2D eigenvalue weighted by atomic mass is 10.0. The molecule has 2 fully saturated rings. The molecular weight excluding hydrogens is 214 g/mol. The van der Waals surface area contributed by atoms with E-state index in [0.717, 1.165) is 19.4 Å². The van der Waals surface area contributed by atoms with Gasteiger partial charge in [0.1, 0.15) is 0 Å². The highest BCUT2D eigenvalue weighted by molar-refractivity contribution is 7.87. The maximum Gasteiger partial charge on any atom is 0.280 e. The van der Waals surface area contributed by atoms with Crippen molar-refractivity contribution in [2.24, 2.45) is 0 Å². The summed E-state index contributed by atoms with van der Waals surface area (Å²) in [6, 6.07) is 0.181. The summed E-state index contributed by atoms with van der Waals surface area (Å²) < 4.78 is 28.4. The Kier molecular flexibility index (Phi) is 2.79. The van der Waals surface area contributed by atoms with Crippen molar-refractivity contribution in [3.63, 3.8) is 0 Å². The minimum atomic E-state index is -3.28. The molecule has 1 aliphatic carbocycles. The Bertz CT molecular complexity index is 335. The predicted molar refractivity (Wildman–Crippen MR) is 58.7 cm³/mol. The fraction of sp³-hybridized carbons (Fsp3) is 1.00. The molecule has 5 nitrogen and oxygen atoms in total. The second kappa shape index (κ2) is 3.69. The Labute approximate surface area is 91.4 Å². The Hall–Kier alpha value is -0.170. The minimum Gasteiger partial charge on any atom is -0.314 e. The number of nitrogens with zero attached hydrogens (tertiary/aromatic N) is 1. The third kappa shape index (κ3) is 2.50. The fourth-order valence-corrected chi connectivity index (χ4v) is 3.72. The van der Waals surface area contributed by atoms with E-state index in [9.17, 15) is 8.42 Å². The third-order valence-corrected chi connectivity index (χ3v) is 4.80. The van der Waals surface area contributed by atoms with Gasteiger partial charge in [-0.2, -0.15) is 17.4 Å². The van der Waals surface area contributed by atoms with Gasteiger partial charge < -0.3 is 5.32 Å². The molecule has 2 N–H and O–H groups in total. The zero-order chi connectivity index (χ0) is 11.1. The highest BCUT2D eigenvalue weighted by Gasteiger charge is 2.40. The smallest absolute Gasteiger partial charge is 0.280 e. The van der Waals surface area contributed by atoms with Gasteiger partial charge in [-0.15, -0.1) is 0 Å². The van der Waals surface area contributed by atoms with Crippen LogP contribution in [0.25, 0.3) is 0 Å². The van der Waals surface area contributed by atoms with Crippen molar-refractivity contribution >= 4 is 10.2 Å². The number of hydrogen-bond donors (Lipinski definition) is 2. The van der Waals surface area contributed by atoms with Crippen LogP contribution in [-0.4, -0.2) is 43.9 Å². The van der Waals surface area contributed by atoms with Crippen molar-refractivity contribution in [2.75, 3.05) is 19.6 Å². The van der Waals surface area contributed by atoms with Gasteiger partial charge in [0.2, 0.25) is 0 Å². The van der Waals surface area contributed by atoms with Crippen molar-refractivity contribution in [3.05, 3.63) is 0 Å². The highest BCUT2D eigenvalue weighted by atomic mass is 32.2. The molecule has 0 bridgehead atoms. The molecule has 2 rings (SSSR count). The number of hydrogen-bond acceptors (Lipinski definition) is 3. The first kappa shape index (κ1) is 11.3. The van der Waals surface area contributed by atoms with E-state index in [4.69, 9.17) is 0 Å². The summed E-state index contributed by atoms with van der Waals surface area (Å²) in [5.74, 6) is 0. The van der Waals surface area contributed by atoms with Crippen LogP contribution in [0.1, 0.15) is 26.7 Å². The normalized spacial score (nSPS) is 27.9. The average molecular weight is 233 g/mol. The molecule has 6 heteroatoms. The highest BCUT2D eigenvalue weighted by Crippen LogP contribution is 2.24. The second-order valence-corrected chi connectivity index (χ2v) is 6.59. The summed E-state index contributed by atoms with van der Waals surface area (Å²) in [7, 11) is -3.28. The van der Waals surface area contributed by atoms with E-state index >= 15 is 0 Å². The standard InChI is InChI=1S/C9H19N3O2S/c1-9(2)7-10-5-6-12(9)15(13,14)11-8-3-4-8/h8,10-11H,3-7H2,1-2H3. The van der Waals surface area contributed by atoms with Gasteiger partial charge in [0, 0.05) is 31.2 Å². The maximum absolute atomic E-state index is 12.0. The van der Waals surface area contributed by atoms with Crippen LogP contribution in [0.2, 0.25) is 0 Å². The van der Waals surface area contributed by atoms with E-state index in [1.807, 2.05) is 13.8 Å². The summed E-state index contributed by atoms with van der Waals surface area (Å²) in [6.07, 6.45) is 1.96. The first-order valence-electron chi connectivity index (χ1n) is 5.43. The molecule has 0 atom stereocenters. The minimum absolute atomic E-state index is 0.181. The zero-order valence-corrected chi connectivity index (χ0v) is 10.1. The van der Waals surface area contributed by atoms with Crippen LogP contribution >= 0.6 is 0 Å². The molecule has 0 spiro atoms. The van der Waals surface area contributed by atoms with Crippen LogP contribution < -0.4 is 10.0 Å². The van der Waals surface area contributed by atoms with E-state index < -0.39 is 10.2 Å². The lowest BCUT2D eigenvalue weighted by Gasteiger charge is -2.41. The van der Waals surface area contributed by atoms with Gasteiger partial charge in [0.15, 0.2) is 0 Å². The van der Waals surface area contributed by atoms with E-state index in [2.05, 4.69) is 10.0 Å². The fourth-order valence-electron chi connectivity index (χ4n) is 1.89. The molecule has 1 heterocycles. The van der Waals surface area contributed by atoms with E-state index in [0.29, 0.717) is 13.1 Å². The van der Waals surface area contributed by atoms with Gasteiger partial charge in [-0.3, -0.25) is 0 Å². The van der Waals surface area contributed by atoms with Crippen LogP contribution in [0.3, 0.4) is 0 Å². The molecule has 0 aromatic heterocycles. The summed E-state index contributed by atoms with van der Waals surface area (Å²) in [5, 5.41) is 3.21. The van der Waals surface area contributed by atoms with Crippen molar-refractivity contribution in [1.82, 2.24) is 14.3 Å². The molecule has 1 saturated heterocycles. The largest absolute Gasteiger partial charge is 0.314 e. The number of rotatable bonds is 3. The molecule has 0 radical (unpaired) electrons. The van der Waals surface area contributed by atoms with E-state index in [-0.39, 0.29) is 11.6 Å². The van der Waals surface area contributed by atoms with Gasteiger partial charge in [-0.1, -0.05) is 0 Å². The molecule has 15 heavy (non-hydrogen) atoms. The first-order valence-corrected chi connectivity index (χ1v) is 6.87. The third-order valence-electron chi connectivity index (χ3n) is 2.91. The predicted octanol–water partition coefficient (Wildman–Crippen LogP) is -0.333. The SMILES string of the molecule is CC1(C)CNCCN1S(=O)(=O)NC1CC1. The van der Waals surface area contributed by atoms with E-state index in [1.54, 1.807) is 4.31 Å². The lowest BCUT2D eigenvalue weighted by Crippen LogP contribution is -2.62. The van der Waals surface area contributed by atoms with E-state index in [1.165, 1.54) is 0 Å². The van der Waals surface area contributed by atoms with Crippen molar-refractivity contribution in [3.8, 4) is 0 Å². The second-order valence-electron chi connectivity index (χ2n) is 4.96. The monoisotopic (exact) mass is 233 g/mol. The van der Waals surface area contributed by atoms with Crippen LogP contribution in [-0.2, 0) is 10.2 Å². The maximum atomic E-state index is 12.0. The summed E-state index contributed by atoms with van der Waals surface area (Å²) >= 11 is 0. The lowest BCUT2D eigenvalue weighted by molar-refractivity contribution is 0.183. The molecule has 1 saturated carbocycles. The summed E-state index contributed by atoms with van der Waals surface area (Å²) in [6.45, 7) is 5.89. The molecule has 88 valence electrons. The summed E-state index contributed by atoms with van der Waals surface area (Å²) in [4.78, 5) is 0. The number of nitrogens with one attached hydrogen (secondary N) is 2. The Morgan fingerprint density at radius 3 is 2.60 bits per heavy atom. The van der Waals surface area contributed by atoms with Crippen LogP contribution in [0.15, 0.2) is 0 Å². The Morgan fingerprint density at radius 2 is 2.07 bits per heavy atom. The van der Waals surface area contributed by atoms with Crippen molar-refractivity contribution < 1.29 is 8.42 Å². The van der Waals surface area contributed by atoms with Gasteiger partial charge in [-0.05, 0) is 26.7 Å². The van der Waals surface area contributed by atoms with Crippen LogP contribution in [0.5, 0.6) is 0 Å². The molecule has 2 aliphatic rings. The van der Waals surface area contributed by atoms with Crippen molar-refractivity contribution in [2.45, 2.75) is 38.3 Å². The van der Waals surface area contributed by atoms with Gasteiger partial charge in [0.25, 0.3) is 10.2 Å². The molecule has 1 aliphatic heterocycles. The summed E-state index contributed by atoms with van der Waals surface area (Å²) in [5.41, 5.74) is -0.334. The van der Waals surface area contributed by atoms with Gasteiger partial charge >= 0.3 is 0 Å². The van der Waals surface area contributed by atoms with Crippen LogP contribution in [0.4, 0.5) is 0 Å². The molecule has 0 aromatic carbocycles. The quantitative estimate of drug-likeness (QED) is 0.701. The van der Waals surface area contributed by atoms with Crippen LogP contribution in [0, 0.1) is 0 Å². The zero-order valence-electron chi connectivity index (χ0n) is 9.28. The average Bonchev–Trinajstić information content (AvgIpc) is 2.86. The Morgan fingerprint density at radius 1 is 1.40 bits per heavy atom. The molecule has 0 unspecified atom stereocenters.